The van der Waals surface area contributed by atoms with Crippen molar-refractivity contribution in [2.75, 3.05) is 19.0 Å². The summed E-state index contributed by atoms with van der Waals surface area (Å²) in [6.07, 6.45) is 3.63. The first-order chi connectivity index (χ1) is 18.3. The van der Waals surface area contributed by atoms with Crippen LogP contribution < -0.4 is 10.1 Å². The lowest BCUT2D eigenvalue weighted by Gasteiger charge is -2.28. The quantitative estimate of drug-likeness (QED) is 0.289. The number of nitrogens with one attached hydrogen (secondary N) is 1. The van der Waals surface area contributed by atoms with Gasteiger partial charge in [0.25, 0.3) is 11.8 Å². The fraction of sp³-hybridized carbons (Fsp3) is 0.333. The summed E-state index contributed by atoms with van der Waals surface area (Å²) in [7, 11) is 1.33. The summed E-state index contributed by atoms with van der Waals surface area (Å²) in [5, 5.41) is 2.86. The highest BCUT2D eigenvalue weighted by atomic mass is 16.5. The van der Waals surface area contributed by atoms with Crippen molar-refractivity contribution in [3.8, 4) is 17.0 Å². The fourth-order valence-corrected chi connectivity index (χ4v) is 4.47. The van der Waals surface area contributed by atoms with E-state index < -0.39 is 12.0 Å². The molecule has 8 heteroatoms. The van der Waals surface area contributed by atoms with Gasteiger partial charge < -0.3 is 19.7 Å². The van der Waals surface area contributed by atoms with Crippen molar-refractivity contribution in [3.05, 3.63) is 77.5 Å². The van der Waals surface area contributed by atoms with Gasteiger partial charge in [-0.15, -0.1) is 0 Å². The zero-order chi connectivity index (χ0) is 27.2. The lowest BCUT2D eigenvalue weighted by atomic mass is 10.0. The molecule has 1 atom stereocenters. The van der Waals surface area contributed by atoms with Crippen LogP contribution in [0.2, 0.25) is 0 Å². The first kappa shape index (κ1) is 26.9. The summed E-state index contributed by atoms with van der Waals surface area (Å²) >= 11 is 0. The van der Waals surface area contributed by atoms with Crippen LogP contribution in [0.1, 0.15) is 59.9 Å². The number of carbonyl (C=O) groups excluding carboxylic acids is 3. The average molecular weight is 516 g/mol. The Kier molecular flexibility index (Phi) is 8.41. The first-order valence-electron chi connectivity index (χ1n) is 12.8. The molecule has 0 radical (unpaired) electrons. The average Bonchev–Trinajstić information content (AvgIpc) is 3.24. The van der Waals surface area contributed by atoms with Crippen molar-refractivity contribution >= 4 is 23.5 Å². The van der Waals surface area contributed by atoms with E-state index in [1.165, 1.54) is 7.11 Å². The molecule has 2 amide bonds. The number of esters is 1. The van der Waals surface area contributed by atoms with Gasteiger partial charge in [-0.2, -0.15) is 0 Å². The number of anilines is 1. The van der Waals surface area contributed by atoms with E-state index in [2.05, 4.69) is 17.2 Å². The maximum absolute atomic E-state index is 13.2. The molecule has 3 aromatic rings. The predicted octanol–water partition coefficient (Wildman–Crippen LogP) is 5.33. The van der Waals surface area contributed by atoms with Crippen LogP contribution in [-0.4, -0.2) is 47.4 Å². The highest BCUT2D eigenvalue weighted by molar-refractivity contribution is 6.04. The molecule has 8 nitrogen and oxygen atoms in total. The molecule has 0 saturated heterocycles. The third kappa shape index (κ3) is 5.85. The zero-order valence-electron chi connectivity index (χ0n) is 22.2. The van der Waals surface area contributed by atoms with Gasteiger partial charge in [-0.3, -0.25) is 14.6 Å². The molecule has 1 N–H and O–H groups in total. The van der Waals surface area contributed by atoms with Crippen molar-refractivity contribution in [1.82, 2.24) is 9.88 Å². The van der Waals surface area contributed by atoms with E-state index in [9.17, 15) is 14.4 Å². The minimum Gasteiger partial charge on any atom is -0.494 e. The highest BCUT2D eigenvalue weighted by Crippen LogP contribution is 2.31. The lowest BCUT2D eigenvalue weighted by Crippen LogP contribution is -2.45. The molecule has 0 bridgehead atoms. The second-order valence-electron chi connectivity index (χ2n) is 9.63. The number of pyridine rings is 1. The smallest absolute Gasteiger partial charge is 0.328 e. The summed E-state index contributed by atoms with van der Waals surface area (Å²) in [6, 6.07) is 15.6. The molecule has 2 aromatic carbocycles. The van der Waals surface area contributed by atoms with Crippen molar-refractivity contribution < 1.29 is 23.9 Å². The lowest BCUT2D eigenvalue weighted by molar-refractivity contribution is -0.147. The number of nitrogens with zero attached hydrogens (tertiary/aromatic N) is 2. The largest absolute Gasteiger partial charge is 0.494 e. The number of hydrogen-bond donors (Lipinski definition) is 1. The van der Waals surface area contributed by atoms with Crippen LogP contribution in [0.5, 0.6) is 5.75 Å². The minimum absolute atomic E-state index is 0.0818. The van der Waals surface area contributed by atoms with Gasteiger partial charge in [0.1, 0.15) is 11.8 Å². The summed E-state index contributed by atoms with van der Waals surface area (Å²) in [5.41, 5.74) is 3.93. The number of methoxy groups -OCH3 is 1. The topological polar surface area (TPSA) is 97.8 Å². The summed E-state index contributed by atoms with van der Waals surface area (Å²) in [6.45, 7) is 6.91. The van der Waals surface area contributed by atoms with Gasteiger partial charge in [-0.25, -0.2) is 4.79 Å². The Morgan fingerprint density at radius 3 is 2.47 bits per heavy atom. The normalized spacial score (nSPS) is 13.3. The van der Waals surface area contributed by atoms with E-state index in [0.29, 0.717) is 35.7 Å². The number of amides is 2. The van der Waals surface area contributed by atoms with Gasteiger partial charge >= 0.3 is 5.97 Å². The van der Waals surface area contributed by atoms with Crippen LogP contribution in [0.15, 0.2) is 60.8 Å². The first-order valence-corrected chi connectivity index (χ1v) is 12.8. The second kappa shape index (κ2) is 11.9. The molecule has 1 aliphatic rings. The number of carbonyl (C=O) groups is 3. The zero-order valence-corrected chi connectivity index (χ0v) is 22.2. The third-order valence-corrected chi connectivity index (χ3v) is 6.55. The maximum Gasteiger partial charge on any atom is 0.328 e. The van der Waals surface area contributed by atoms with E-state index in [-0.39, 0.29) is 17.7 Å². The molecule has 4 rings (SSSR count). The Bertz CT molecular complexity index is 1300. The number of hydrogen-bond acceptors (Lipinski definition) is 6. The van der Waals surface area contributed by atoms with E-state index in [1.54, 1.807) is 53.6 Å². The highest BCUT2D eigenvalue weighted by Gasteiger charge is 2.38. The molecule has 0 aliphatic carbocycles. The van der Waals surface area contributed by atoms with Crippen LogP contribution in [0, 0.1) is 5.92 Å². The van der Waals surface area contributed by atoms with Gasteiger partial charge in [0.05, 0.1) is 31.3 Å². The summed E-state index contributed by atoms with van der Waals surface area (Å²) in [4.78, 5) is 44.2. The van der Waals surface area contributed by atoms with Crippen molar-refractivity contribution in [3.63, 3.8) is 0 Å². The molecular weight excluding hydrogens is 482 g/mol. The molecule has 0 fully saturated rings. The van der Waals surface area contributed by atoms with Gasteiger partial charge in [0, 0.05) is 23.2 Å². The molecule has 38 heavy (non-hydrogen) atoms. The van der Waals surface area contributed by atoms with Crippen LogP contribution in [0.4, 0.5) is 5.69 Å². The van der Waals surface area contributed by atoms with E-state index in [4.69, 9.17) is 9.47 Å². The maximum atomic E-state index is 13.2. The van der Waals surface area contributed by atoms with Crippen LogP contribution in [-0.2, 0) is 16.1 Å². The Morgan fingerprint density at radius 2 is 1.84 bits per heavy atom. The van der Waals surface area contributed by atoms with Gasteiger partial charge in [-0.1, -0.05) is 39.3 Å². The summed E-state index contributed by atoms with van der Waals surface area (Å²) in [5.74, 6) is -0.203. The van der Waals surface area contributed by atoms with Crippen LogP contribution >= 0.6 is 0 Å². The Balaban J connectivity index is 1.43. The van der Waals surface area contributed by atoms with E-state index in [0.717, 1.165) is 29.7 Å². The molecule has 2 heterocycles. The molecule has 0 spiro atoms. The van der Waals surface area contributed by atoms with Crippen molar-refractivity contribution in [2.45, 2.75) is 46.2 Å². The third-order valence-electron chi connectivity index (χ3n) is 6.55. The summed E-state index contributed by atoms with van der Waals surface area (Å²) < 4.78 is 10.6. The predicted molar refractivity (Wildman–Crippen MR) is 145 cm³/mol. The second-order valence-corrected chi connectivity index (χ2v) is 9.63. The van der Waals surface area contributed by atoms with Crippen LogP contribution in [0.3, 0.4) is 0 Å². The van der Waals surface area contributed by atoms with Gasteiger partial charge in [0.2, 0.25) is 0 Å². The Labute approximate surface area is 223 Å². The monoisotopic (exact) mass is 515 g/mol. The van der Waals surface area contributed by atoms with E-state index in [1.807, 2.05) is 26.0 Å². The fourth-order valence-electron chi connectivity index (χ4n) is 4.47. The van der Waals surface area contributed by atoms with Crippen molar-refractivity contribution in [1.29, 1.82) is 0 Å². The number of aromatic nitrogens is 1. The molecule has 1 aromatic heterocycles. The van der Waals surface area contributed by atoms with Crippen LogP contribution in [0.25, 0.3) is 11.3 Å². The van der Waals surface area contributed by atoms with Gasteiger partial charge in [-0.05, 0) is 60.4 Å². The molecule has 1 aliphatic heterocycles. The molecular formula is C30H33N3O5. The number of rotatable bonds is 10. The number of ether oxygens (including phenoxy) is 2. The SMILES string of the molecule is CCCCOc1ccc(C(=O)Nc2ccc(-c3ccc4c(c3)C(=O)N(C(C(=O)OC)C(C)C)C4)nc2)cc1. The Morgan fingerprint density at radius 1 is 1.08 bits per heavy atom. The van der Waals surface area contributed by atoms with Gasteiger partial charge in [0.15, 0.2) is 0 Å². The number of fused-ring (bicyclic) bond motifs is 1. The number of benzene rings is 2. The molecule has 198 valence electrons. The van der Waals surface area contributed by atoms with E-state index >= 15 is 0 Å². The number of unbranched alkanes of at least 4 members (excludes halogenated alkanes) is 1. The minimum atomic E-state index is -0.644. The van der Waals surface area contributed by atoms with Crippen molar-refractivity contribution in [2.24, 2.45) is 5.92 Å². The molecule has 1 unspecified atom stereocenters. The standard InChI is InChI=1S/C30H33N3O5/c1-5-6-15-38-24-12-9-20(10-13-24)28(34)32-23-11-14-26(31-17-23)21-7-8-22-18-33(29(35)25(22)16-21)27(19(2)3)30(36)37-4/h7-14,16-17,19,27H,5-6,15,18H2,1-4H3,(H,32,34). The Hall–Kier alpha value is -4.20. The molecule has 0 saturated carbocycles.